The zero-order valence-electron chi connectivity index (χ0n) is 15.1. The van der Waals surface area contributed by atoms with E-state index in [4.69, 9.17) is 19.7 Å². The number of hydrogen-bond acceptors (Lipinski definition) is 8. The standard InChI is InChI=1S/C17H23N5O4/c1-9-12(6-19-17(18)20-9)16(23)21-14-8-24-5-4-15(14)25-7-13-10(2)22-26-11(13)3/h6,14-15H,4-5,7-8H2,1-3H3,(H,21,23)(H2,18,19,20)/t14-,15+/m1/s1. The Morgan fingerprint density at radius 2 is 2.19 bits per heavy atom. The van der Waals surface area contributed by atoms with Crippen LogP contribution in [0.25, 0.3) is 0 Å². The first-order valence-corrected chi connectivity index (χ1v) is 8.46. The molecule has 2 aromatic heterocycles. The monoisotopic (exact) mass is 361 g/mol. The van der Waals surface area contributed by atoms with Crippen molar-refractivity contribution < 1.29 is 18.8 Å². The molecule has 0 saturated carbocycles. The molecule has 1 fully saturated rings. The van der Waals surface area contributed by atoms with E-state index in [0.29, 0.717) is 37.5 Å². The van der Waals surface area contributed by atoms with Crippen molar-refractivity contribution in [2.24, 2.45) is 0 Å². The average Bonchev–Trinajstić information content (AvgIpc) is 2.92. The molecular weight excluding hydrogens is 338 g/mol. The largest absolute Gasteiger partial charge is 0.379 e. The number of amides is 1. The summed E-state index contributed by atoms with van der Waals surface area (Å²) in [5, 5.41) is 6.89. The van der Waals surface area contributed by atoms with Gasteiger partial charge in [0.2, 0.25) is 5.95 Å². The SMILES string of the molecule is Cc1nc(N)ncc1C(=O)N[C@@H]1COCC[C@@H]1OCc1c(C)noc1C. The summed E-state index contributed by atoms with van der Waals surface area (Å²) in [6, 6.07) is -0.270. The van der Waals surface area contributed by atoms with Crippen molar-refractivity contribution in [3.8, 4) is 0 Å². The van der Waals surface area contributed by atoms with E-state index in [2.05, 4.69) is 20.4 Å². The van der Waals surface area contributed by atoms with E-state index >= 15 is 0 Å². The van der Waals surface area contributed by atoms with E-state index in [1.165, 1.54) is 6.20 Å². The molecule has 1 amide bonds. The second-order valence-electron chi connectivity index (χ2n) is 6.32. The van der Waals surface area contributed by atoms with Crippen LogP contribution in [0.2, 0.25) is 0 Å². The lowest BCUT2D eigenvalue weighted by Gasteiger charge is -2.32. The number of carbonyl (C=O) groups excluding carboxylic acids is 1. The number of ether oxygens (including phenoxy) is 2. The van der Waals surface area contributed by atoms with E-state index in [0.717, 1.165) is 17.0 Å². The predicted octanol–water partition coefficient (Wildman–Crippen LogP) is 1.08. The Kier molecular flexibility index (Phi) is 5.48. The van der Waals surface area contributed by atoms with Gasteiger partial charge in [-0.2, -0.15) is 0 Å². The summed E-state index contributed by atoms with van der Waals surface area (Å²) < 4.78 is 16.7. The average molecular weight is 361 g/mol. The van der Waals surface area contributed by atoms with E-state index in [-0.39, 0.29) is 24.0 Å². The van der Waals surface area contributed by atoms with Crippen LogP contribution >= 0.6 is 0 Å². The highest BCUT2D eigenvalue weighted by Gasteiger charge is 2.29. The number of hydrogen-bond donors (Lipinski definition) is 2. The maximum absolute atomic E-state index is 12.6. The van der Waals surface area contributed by atoms with Gasteiger partial charge in [0.05, 0.1) is 42.3 Å². The van der Waals surface area contributed by atoms with Gasteiger partial charge in [-0.25, -0.2) is 9.97 Å². The number of nitrogen functional groups attached to an aromatic ring is 1. The summed E-state index contributed by atoms with van der Waals surface area (Å²) in [7, 11) is 0. The van der Waals surface area contributed by atoms with Crippen molar-refractivity contribution in [2.45, 2.75) is 45.9 Å². The Labute approximate surface area is 151 Å². The van der Waals surface area contributed by atoms with Crippen molar-refractivity contribution in [3.63, 3.8) is 0 Å². The van der Waals surface area contributed by atoms with Gasteiger partial charge in [-0.1, -0.05) is 5.16 Å². The summed E-state index contributed by atoms with van der Waals surface area (Å²) >= 11 is 0. The van der Waals surface area contributed by atoms with Gasteiger partial charge in [0.15, 0.2) is 0 Å². The third-order valence-electron chi connectivity index (χ3n) is 4.47. The molecule has 2 atom stereocenters. The molecule has 0 aliphatic carbocycles. The maximum atomic E-state index is 12.6. The molecular formula is C17H23N5O4. The fourth-order valence-corrected chi connectivity index (χ4v) is 2.90. The van der Waals surface area contributed by atoms with E-state index in [1.54, 1.807) is 6.92 Å². The molecule has 0 aromatic carbocycles. The second kappa shape index (κ2) is 7.79. The molecule has 26 heavy (non-hydrogen) atoms. The first-order chi connectivity index (χ1) is 12.5. The molecule has 140 valence electrons. The number of aryl methyl sites for hydroxylation is 3. The molecule has 2 aromatic rings. The lowest BCUT2D eigenvalue weighted by Crippen LogP contribution is -2.50. The fraction of sp³-hybridized carbons (Fsp3) is 0.529. The van der Waals surface area contributed by atoms with Gasteiger partial charge < -0.3 is 25.0 Å². The number of nitrogens with two attached hydrogens (primary N) is 1. The van der Waals surface area contributed by atoms with Crippen LogP contribution in [0, 0.1) is 20.8 Å². The number of carbonyl (C=O) groups is 1. The van der Waals surface area contributed by atoms with Crippen LogP contribution in [0.5, 0.6) is 0 Å². The molecule has 0 unspecified atom stereocenters. The number of rotatable bonds is 5. The van der Waals surface area contributed by atoms with Crippen molar-refractivity contribution in [1.29, 1.82) is 0 Å². The first-order valence-electron chi connectivity index (χ1n) is 8.46. The molecule has 1 aliphatic heterocycles. The highest BCUT2D eigenvalue weighted by atomic mass is 16.5. The van der Waals surface area contributed by atoms with Gasteiger partial charge in [-0.05, 0) is 27.2 Å². The lowest BCUT2D eigenvalue weighted by molar-refractivity contribution is -0.0608. The summed E-state index contributed by atoms with van der Waals surface area (Å²) in [4.78, 5) is 20.5. The first kappa shape index (κ1) is 18.3. The Hall–Kier alpha value is -2.52. The van der Waals surface area contributed by atoms with E-state index < -0.39 is 0 Å². The molecule has 1 saturated heterocycles. The van der Waals surface area contributed by atoms with Gasteiger partial charge in [0, 0.05) is 18.4 Å². The number of aromatic nitrogens is 3. The summed E-state index contributed by atoms with van der Waals surface area (Å²) in [6.07, 6.45) is 1.94. The quantitative estimate of drug-likeness (QED) is 0.810. The van der Waals surface area contributed by atoms with E-state index in [9.17, 15) is 4.79 Å². The third kappa shape index (κ3) is 4.00. The minimum absolute atomic E-state index is 0.140. The highest BCUT2D eigenvalue weighted by Crippen LogP contribution is 2.19. The lowest BCUT2D eigenvalue weighted by atomic mass is 10.1. The summed E-state index contributed by atoms with van der Waals surface area (Å²) in [5.41, 5.74) is 8.19. The van der Waals surface area contributed by atoms with Gasteiger partial charge in [-0.15, -0.1) is 0 Å². The Bertz CT molecular complexity index is 772. The van der Waals surface area contributed by atoms with Crippen LogP contribution in [0.1, 0.15) is 39.5 Å². The zero-order chi connectivity index (χ0) is 18.7. The Balaban J connectivity index is 1.66. The minimum Gasteiger partial charge on any atom is -0.379 e. The number of nitrogens with one attached hydrogen (secondary N) is 1. The van der Waals surface area contributed by atoms with Crippen LogP contribution in [-0.4, -0.2) is 46.4 Å². The van der Waals surface area contributed by atoms with Crippen molar-refractivity contribution >= 4 is 11.9 Å². The van der Waals surface area contributed by atoms with Crippen LogP contribution in [0.4, 0.5) is 5.95 Å². The maximum Gasteiger partial charge on any atom is 0.255 e. The molecule has 0 spiro atoms. The fourth-order valence-electron chi connectivity index (χ4n) is 2.90. The molecule has 0 bridgehead atoms. The van der Waals surface area contributed by atoms with Crippen molar-refractivity contribution in [1.82, 2.24) is 20.4 Å². The molecule has 3 N–H and O–H groups in total. The molecule has 1 aliphatic rings. The third-order valence-corrected chi connectivity index (χ3v) is 4.47. The topological polar surface area (TPSA) is 125 Å². The predicted molar refractivity (Wildman–Crippen MR) is 92.4 cm³/mol. The normalized spacial score (nSPS) is 20.1. The minimum atomic E-state index is -0.274. The summed E-state index contributed by atoms with van der Waals surface area (Å²) in [5.74, 6) is 0.606. The van der Waals surface area contributed by atoms with Crippen molar-refractivity contribution in [3.05, 3.63) is 34.5 Å². The smallest absolute Gasteiger partial charge is 0.255 e. The zero-order valence-corrected chi connectivity index (χ0v) is 15.1. The number of anilines is 1. The van der Waals surface area contributed by atoms with Crippen LogP contribution in [0.15, 0.2) is 10.7 Å². The van der Waals surface area contributed by atoms with Crippen LogP contribution in [0.3, 0.4) is 0 Å². The molecule has 9 heteroatoms. The van der Waals surface area contributed by atoms with Gasteiger partial charge in [0.1, 0.15) is 5.76 Å². The van der Waals surface area contributed by atoms with Gasteiger partial charge >= 0.3 is 0 Å². The van der Waals surface area contributed by atoms with E-state index in [1.807, 2.05) is 13.8 Å². The van der Waals surface area contributed by atoms with Gasteiger partial charge in [-0.3, -0.25) is 4.79 Å². The second-order valence-corrected chi connectivity index (χ2v) is 6.32. The molecule has 9 nitrogen and oxygen atoms in total. The Morgan fingerprint density at radius 1 is 1.38 bits per heavy atom. The van der Waals surface area contributed by atoms with Gasteiger partial charge in [0.25, 0.3) is 5.91 Å². The Morgan fingerprint density at radius 3 is 2.88 bits per heavy atom. The van der Waals surface area contributed by atoms with Crippen LogP contribution in [-0.2, 0) is 16.1 Å². The number of nitrogens with zero attached hydrogens (tertiary/aromatic N) is 3. The molecule has 3 heterocycles. The molecule has 3 rings (SSSR count). The highest BCUT2D eigenvalue weighted by molar-refractivity contribution is 5.95. The summed E-state index contributed by atoms with van der Waals surface area (Å²) in [6.45, 7) is 6.79. The van der Waals surface area contributed by atoms with Crippen LogP contribution < -0.4 is 11.1 Å². The van der Waals surface area contributed by atoms with Crippen molar-refractivity contribution in [2.75, 3.05) is 18.9 Å². The molecule has 0 radical (unpaired) electrons.